The Hall–Kier alpha value is -2.37. The predicted molar refractivity (Wildman–Crippen MR) is 72.0 cm³/mol. The first-order valence-electron chi connectivity index (χ1n) is 5.21. The van der Waals surface area contributed by atoms with Gasteiger partial charge in [-0.1, -0.05) is 18.7 Å². The maximum atomic E-state index is 9.86. The first kappa shape index (κ1) is 21.9. The number of carboxylic acids is 3. The van der Waals surface area contributed by atoms with E-state index in [4.69, 9.17) is 15.3 Å². The van der Waals surface area contributed by atoms with Gasteiger partial charge in [-0.2, -0.15) is 0 Å². The highest BCUT2D eigenvalue weighted by atomic mass is 16.4. The molecule has 0 aliphatic rings. The maximum absolute atomic E-state index is 9.86. The van der Waals surface area contributed by atoms with Gasteiger partial charge < -0.3 is 15.3 Å². The van der Waals surface area contributed by atoms with Crippen LogP contribution in [0.4, 0.5) is 0 Å². The summed E-state index contributed by atoms with van der Waals surface area (Å²) in [6.45, 7) is 9.47. The van der Waals surface area contributed by atoms with Crippen LogP contribution in [0.2, 0.25) is 0 Å². The van der Waals surface area contributed by atoms with E-state index in [-0.39, 0.29) is 0 Å². The normalized spacial score (nSPS) is 10.1. The zero-order chi connectivity index (χ0) is 16.0. The minimum Gasteiger partial charge on any atom is -0.478 e. The van der Waals surface area contributed by atoms with Crippen LogP contribution in [0.15, 0.2) is 36.0 Å². The molecule has 0 amide bonds. The molecule has 6 nitrogen and oxygen atoms in total. The zero-order valence-electron chi connectivity index (χ0n) is 11.5. The Balaban J connectivity index is -0.000000206. The first-order valence-corrected chi connectivity index (χ1v) is 5.21. The number of hydrogen-bond donors (Lipinski definition) is 3. The highest BCUT2D eigenvalue weighted by molar-refractivity contribution is 5.85. The van der Waals surface area contributed by atoms with Crippen LogP contribution in [-0.4, -0.2) is 33.2 Å². The molecular weight excluding hydrogens is 252 g/mol. The van der Waals surface area contributed by atoms with Crippen LogP contribution in [-0.2, 0) is 14.4 Å². The third-order valence-electron chi connectivity index (χ3n) is 1.72. The molecule has 0 saturated heterocycles. The molecule has 0 fully saturated rings. The summed E-state index contributed by atoms with van der Waals surface area (Å²) < 4.78 is 0. The number of hydrogen-bond acceptors (Lipinski definition) is 3. The van der Waals surface area contributed by atoms with Crippen LogP contribution in [0.5, 0.6) is 0 Å². The smallest absolute Gasteiger partial charge is 0.330 e. The molecule has 6 heteroatoms. The minimum atomic E-state index is -0.981. The SMILES string of the molecule is C=CC(=O)O.CC=C(C)C(=O)O.CC=C(C)C(=O)O. The second-order valence-corrected chi connectivity index (χ2v) is 3.10. The Morgan fingerprint density at radius 1 is 0.842 bits per heavy atom. The molecule has 0 aromatic rings. The third kappa shape index (κ3) is 21.5. The summed E-state index contributed by atoms with van der Waals surface area (Å²) in [6.07, 6.45) is 3.95. The summed E-state index contributed by atoms with van der Waals surface area (Å²) in [5.41, 5.74) is 0.778. The van der Waals surface area contributed by atoms with Crippen molar-refractivity contribution in [2.24, 2.45) is 0 Å². The van der Waals surface area contributed by atoms with E-state index >= 15 is 0 Å². The zero-order valence-corrected chi connectivity index (χ0v) is 11.5. The summed E-state index contributed by atoms with van der Waals surface area (Å²) in [4.78, 5) is 29.0. The van der Waals surface area contributed by atoms with Crippen molar-refractivity contribution in [1.29, 1.82) is 0 Å². The van der Waals surface area contributed by atoms with Gasteiger partial charge in [-0.3, -0.25) is 0 Å². The standard InChI is InChI=1S/2C5H8O2.C3H4O2/c2*1-3-4(2)5(6)7;1-2-3(4)5/h2*3H,1-2H3,(H,6,7);2H,1H2,(H,4,5). The second-order valence-electron chi connectivity index (χ2n) is 3.10. The Morgan fingerprint density at radius 2 is 1.05 bits per heavy atom. The van der Waals surface area contributed by atoms with Gasteiger partial charge in [-0.05, 0) is 27.7 Å². The van der Waals surface area contributed by atoms with Gasteiger partial charge in [0.2, 0.25) is 0 Å². The highest BCUT2D eigenvalue weighted by Crippen LogP contribution is 1.88. The van der Waals surface area contributed by atoms with Crippen molar-refractivity contribution in [2.75, 3.05) is 0 Å². The quantitative estimate of drug-likeness (QED) is 0.680. The van der Waals surface area contributed by atoms with E-state index in [1.807, 2.05) is 0 Å². The summed E-state index contributed by atoms with van der Waals surface area (Å²) in [6, 6.07) is 0. The van der Waals surface area contributed by atoms with Gasteiger partial charge in [0, 0.05) is 17.2 Å². The third-order valence-corrected chi connectivity index (χ3v) is 1.72. The lowest BCUT2D eigenvalue weighted by atomic mass is 10.3. The molecule has 0 spiro atoms. The van der Waals surface area contributed by atoms with Crippen LogP contribution < -0.4 is 0 Å². The molecule has 0 aromatic carbocycles. The Bertz CT molecular complexity index is 349. The molecule has 0 bridgehead atoms. The molecule has 0 radical (unpaired) electrons. The molecule has 108 valence electrons. The monoisotopic (exact) mass is 272 g/mol. The fourth-order valence-electron chi connectivity index (χ4n) is 0.247. The fraction of sp³-hybridized carbons (Fsp3) is 0.308. The van der Waals surface area contributed by atoms with Crippen LogP contribution in [0, 0.1) is 0 Å². The number of rotatable bonds is 3. The second kappa shape index (κ2) is 13.7. The first-order chi connectivity index (χ1) is 8.63. The molecule has 0 saturated carbocycles. The van der Waals surface area contributed by atoms with E-state index in [1.54, 1.807) is 39.8 Å². The topological polar surface area (TPSA) is 112 Å². The van der Waals surface area contributed by atoms with Crippen molar-refractivity contribution in [3.05, 3.63) is 36.0 Å². The van der Waals surface area contributed by atoms with Crippen molar-refractivity contribution < 1.29 is 29.7 Å². The molecule has 0 atom stereocenters. The van der Waals surface area contributed by atoms with E-state index in [0.717, 1.165) is 6.08 Å². The van der Waals surface area contributed by atoms with E-state index in [0.29, 0.717) is 11.1 Å². The van der Waals surface area contributed by atoms with Crippen molar-refractivity contribution in [3.8, 4) is 0 Å². The highest BCUT2D eigenvalue weighted by Gasteiger charge is 1.93. The van der Waals surface area contributed by atoms with Crippen LogP contribution in [0.25, 0.3) is 0 Å². The lowest BCUT2D eigenvalue weighted by Crippen LogP contribution is -1.93. The average molecular weight is 272 g/mol. The van der Waals surface area contributed by atoms with E-state index in [1.165, 1.54) is 0 Å². The van der Waals surface area contributed by atoms with Gasteiger partial charge in [0.15, 0.2) is 0 Å². The van der Waals surface area contributed by atoms with Crippen LogP contribution in [0.1, 0.15) is 27.7 Å². The lowest BCUT2D eigenvalue weighted by molar-refractivity contribution is -0.133. The van der Waals surface area contributed by atoms with Gasteiger partial charge in [-0.25, -0.2) is 14.4 Å². The van der Waals surface area contributed by atoms with Gasteiger partial charge in [0.1, 0.15) is 0 Å². The summed E-state index contributed by atoms with van der Waals surface area (Å²) in [7, 11) is 0. The van der Waals surface area contributed by atoms with E-state index < -0.39 is 17.9 Å². The summed E-state index contributed by atoms with van der Waals surface area (Å²) in [5.74, 6) is -2.67. The van der Waals surface area contributed by atoms with Gasteiger partial charge in [-0.15, -0.1) is 0 Å². The van der Waals surface area contributed by atoms with Gasteiger partial charge in [0.25, 0.3) is 0 Å². The van der Waals surface area contributed by atoms with Crippen molar-refractivity contribution in [2.45, 2.75) is 27.7 Å². The predicted octanol–water partition coefficient (Wildman–Crippen LogP) is 2.33. The number of carbonyl (C=O) groups is 3. The van der Waals surface area contributed by atoms with Crippen molar-refractivity contribution >= 4 is 17.9 Å². The number of aliphatic carboxylic acids is 3. The Morgan fingerprint density at radius 3 is 1.05 bits per heavy atom. The minimum absolute atomic E-state index is 0.389. The Kier molecular flexibility index (Phi) is 15.8. The molecule has 0 heterocycles. The summed E-state index contributed by atoms with van der Waals surface area (Å²) >= 11 is 0. The van der Waals surface area contributed by atoms with E-state index in [9.17, 15) is 14.4 Å². The van der Waals surface area contributed by atoms with Crippen molar-refractivity contribution in [1.82, 2.24) is 0 Å². The molecule has 0 aromatic heterocycles. The fourth-order valence-corrected chi connectivity index (χ4v) is 0.247. The molecule has 0 rings (SSSR count). The summed E-state index contributed by atoms with van der Waals surface area (Å²) in [5, 5.41) is 23.8. The Labute approximate surface area is 112 Å². The molecule has 0 aliphatic heterocycles. The molecule has 3 N–H and O–H groups in total. The molecule has 0 unspecified atom stereocenters. The maximum Gasteiger partial charge on any atom is 0.330 e. The van der Waals surface area contributed by atoms with Gasteiger partial charge in [0.05, 0.1) is 0 Å². The largest absolute Gasteiger partial charge is 0.478 e. The number of allylic oxidation sites excluding steroid dienone is 2. The molecule has 19 heavy (non-hydrogen) atoms. The molecule has 0 aliphatic carbocycles. The van der Waals surface area contributed by atoms with Crippen LogP contribution >= 0.6 is 0 Å². The molecular formula is C13H20O6. The number of carboxylic acid groups (broad SMARTS) is 3. The average Bonchev–Trinajstić information content (AvgIpc) is 2.37. The van der Waals surface area contributed by atoms with Gasteiger partial charge >= 0.3 is 17.9 Å². The van der Waals surface area contributed by atoms with E-state index in [2.05, 4.69) is 6.58 Å². The van der Waals surface area contributed by atoms with Crippen molar-refractivity contribution in [3.63, 3.8) is 0 Å². The lowest BCUT2D eigenvalue weighted by Gasteiger charge is -1.84. The van der Waals surface area contributed by atoms with Crippen LogP contribution in [0.3, 0.4) is 0 Å².